The van der Waals surface area contributed by atoms with Crippen molar-refractivity contribution < 1.29 is 19.1 Å². The number of rotatable bonds is 6. The average molecular weight is 484 g/mol. The minimum Gasteiger partial charge on any atom is -0.459 e. The third kappa shape index (κ3) is 4.46. The fourth-order valence-electron chi connectivity index (χ4n) is 5.08. The number of nitrogens with one attached hydrogen (secondary N) is 1. The quantitative estimate of drug-likeness (QED) is 0.553. The van der Waals surface area contributed by atoms with Gasteiger partial charge in [0, 0.05) is 50.5 Å². The number of dihydropyridines is 1. The minimum atomic E-state index is -0.375. The highest BCUT2D eigenvalue weighted by Gasteiger charge is 2.42. The first-order valence-corrected chi connectivity index (χ1v) is 13.4. The maximum absolute atomic E-state index is 13.6. The van der Waals surface area contributed by atoms with Crippen LogP contribution < -0.4 is 5.32 Å². The lowest BCUT2D eigenvalue weighted by molar-refractivity contribution is -0.142. The summed E-state index contributed by atoms with van der Waals surface area (Å²) < 4.78 is 11.4. The Morgan fingerprint density at radius 1 is 1.24 bits per heavy atom. The molecule has 2 aromatic rings. The molecule has 2 aromatic heterocycles. The predicted octanol–water partition coefficient (Wildman–Crippen LogP) is 5.46. The molecule has 0 spiro atoms. The molecule has 1 fully saturated rings. The van der Waals surface area contributed by atoms with Gasteiger partial charge in [0.15, 0.2) is 5.78 Å². The first-order valence-electron chi connectivity index (χ1n) is 11.7. The third-order valence-corrected chi connectivity index (χ3v) is 9.06. The minimum absolute atomic E-state index is 0.0315. The Hall–Kier alpha value is -2.22. The zero-order valence-corrected chi connectivity index (χ0v) is 20.7. The van der Waals surface area contributed by atoms with Crippen molar-refractivity contribution in [2.75, 3.05) is 13.2 Å². The summed E-state index contributed by atoms with van der Waals surface area (Å²) in [7, 11) is 0. The van der Waals surface area contributed by atoms with Gasteiger partial charge in [0.05, 0.1) is 17.6 Å². The molecule has 7 heteroatoms. The predicted molar refractivity (Wildman–Crippen MR) is 131 cm³/mol. The smallest absolute Gasteiger partial charge is 0.336 e. The summed E-state index contributed by atoms with van der Waals surface area (Å²) in [5.41, 5.74) is 3.03. The van der Waals surface area contributed by atoms with Gasteiger partial charge in [-0.3, -0.25) is 4.79 Å². The van der Waals surface area contributed by atoms with Crippen molar-refractivity contribution >= 4 is 34.4 Å². The van der Waals surface area contributed by atoms with Crippen LogP contribution in [0.2, 0.25) is 0 Å². The summed E-state index contributed by atoms with van der Waals surface area (Å²) in [6.07, 6.45) is 4.06. The Bertz CT molecular complexity index is 1110. The number of esters is 1. The van der Waals surface area contributed by atoms with Gasteiger partial charge in [-0.2, -0.15) is 0 Å². The van der Waals surface area contributed by atoms with Crippen molar-refractivity contribution in [2.24, 2.45) is 0 Å². The number of Topliss-reactive ketones (excluding diaryl/α,β-unsaturated/α-hetero) is 1. The Balaban J connectivity index is 1.49. The van der Waals surface area contributed by atoms with Gasteiger partial charge in [-0.05, 0) is 56.2 Å². The highest BCUT2D eigenvalue weighted by atomic mass is 32.1. The number of ether oxygens (including phenoxy) is 2. The monoisotopic (exact) mass is 483 g/mol. The van der Waals surface area contributed by atoms with E-state index in [4.69, 9.17) is 9.47 Å². The van der Waals surface area contributed by atoms with E-state index in [2.05, 4.69) is 35.8 Å². The van der Waals surface area contributed by atoms with Crippen molar-refractivity contribution in [3.8, 4) is 0 Å². The Labute approximate surface area is 202 Å². The summed E-state index contributed by atoms with van der Waals surface area (Å²) in [6.45, 7) is 5.03. The zero-order valence-electron chi connectivity index (χ0n) is 19.0. The van der Waals surface area contributed by atoms with E-state index < -0.39 is 0 Å². The molecule has 0 unspecified atom stereocenters. The lowest BCUT2D eigenvalue weighted by Crippen LogP contribution is -2.36. The van der Waals surface area contributed by atoms with Crippen molar-refractivity contribution in [1.29, 1.82) is 0 Å². The molecule has 3 atom stereocenters. The van der Waals surface area contributed by atoms with Gasteiger partial charge >= 0.3 is 5.97 Å². The van der Waals surface area contributed by atoms with Crippen LogP contribution in [0.15, 0.2) is 52.2 Å². The molecule has 5 nitrogen and oxygen atoms in total. The number of thiophene rings is 2. The number of hydrogen-bond donors (Lipinski definition) is 1. The molecule has 0 saturated carbocycles. The van der Waals surface area contributed by atoms with Gasteiger partial charge in [0.25, 0.3) is 0 Å². The molecule has 4 heterocycles. The topological polar surface area (TPSA) is 64.6 Å². The van der Waals surface area contributed by atoms with Crippen LogP contribution in [0.3, 0.4) is 0 Å². The van der Waals surface area contributed by atoms with E-state index in [1.807, 2.05) is 13.0 Å². The highest BCUT2D eigenvalue weighted by molar-refractivity contribution is 7.12. The molecule has 1 N–H and O–H groups in total. The van der Waals surface area contributed by atoms with Crippen LogP contribution in [0.5, 0.6) is 0 Å². The van der Waals surface area contributed by atoms with Crippen LogP contribution in [-0.4, -0.2) is 31.1 Å². The SMILES string of the molecule is CCc1ccc([C@H]2C(C(=O)OC[C@@H]3CCCO3)=C(C)NC3=C2C(=O)C[C@H](c2cccs2)C3)s1. The molecular weight excluding hydrogens is 454 g/mol. The lowest BCUT2D eigenvalue weighted by atomic mass is 9.74. The van der Waals surface area contributed by atoms with Crippen molar-refractivity contribution in [3.63, 3.8) is 0 Å². The van der Waals surface area contributed by atoms with Crippen LogP contribution in [-0.2, 0) is 25.5 Å². The number of aryl methyl sites for hydroxylation is 1. The number of allylic oxidation sites excluding steroid dienone is 3. The number of carbonyl (C=O) groups is 2. The first kappa shape index (κ1) is 22.6. The van der Waals surface area contributed by atoms with Crippen LogP contribution in [0.25, 0.3) is 0 Å². The summed E-state index contributed by atoms with van der Waals surface area (Å²) in [6, 6.07) is 8.33. The lowest BCUT2D eigenvalue weighted by Gasteiger charge is -2.36. The number of carbonyl (C=O) groups excluding carboxylic acids is 2. The molecule has 0 radical (unpaired) electrons. The Kier molecular flexibility index (Phi) is 6.54. The van der Waals surface area contributed by atoms with E-state index >= 15 is 0 Å². The number of ketones is 1. The van der Waals surface area contributed by atoms with Gasteiger partial charge in [-0.1, -0.05) is 13.0 Å². The molecule has 0 aromatic carbocycles. The van der Waals surface area contributed by atoms with E-state index in [-0.39, 0.29) is 36.3 Å². The summed E-state index contributed by atoms with van der Waals surface area (Å²) >= 11 is 3.38. The average Bonchev–Trinajstić information content (AvgIpc) is 3.59. The third-order valence-electron chi connectivity index (χ3n) is 6.73. The second kappa shape index (κ2) is 9.57. The van der Waals surface area contributed by atoms with Crippen molar-refractivity contribution in [2.45, 2.75) is 63.9 Å². The van der Waals surface area contributed by atoms with E-state index in [0.717, 1.165) is 54.1 Å². The van der Waals surface area contributed by atoms with Crippen molar-refractivity contribution in [3.05, 3.63) is 66.8 Å². The summed E-state index contributed by atoms with van der Waals surface area (Å²) in [5.74, 6) is -0.428. The summed E-state index contributed by atoms with van der Waals surface area (Å²) in [4.78, 5) is 30.4. The molecule has 1 aliphatic carbocycles. The zero-order chi connectivity index (χ0) is 22.9. The molecule has 1 saturated heterocycles. The van der Waals surface area contributed by atoms with Crippen molar-refractivity contribution in [1.82, 2.24) is 5.32 Å². The molecular formula is C26H29NO4S2. The van der Waals surface area contributed by atoms with Crippen LogP contribution in [0.4, 0.5) is 0 Å². The fraction of sp³-hybridized carbons (Fsp3) is 0.462. The van der Waals surface area contributed by atoms with E-state index in [9.17, 15) is 9.59 Å². The molecule has 2 aliphatic heterocycles. The fourth-order valence-corrected chi connectivity index (χ4v) is 6.98. The second-order valence-corrected chi connectivity index (χ2v) is 11.1. The molecule has 0 amide bonds. The van der Waals surface area contributed by atoms with E-state index in [1.54, 1.807) is 22.7 Å². The molecule has 3 aliphatic rings. The molecule has 5 rings (SSSR count). The molecule has 0 bridgehead atoms. The van der Waals surface area contributed by atoms with E-state index in [1.165, 1.54) is 9.75 Å². The van der Waals surface area contributed by atoms with Crippen LogP contribution in [0, 0.1) is 0 Å². The van der Waals surface area contributed by atoms with E-state index in [0.29, 0.717) is 12.0 Å². The van der Waals surface area contributed by atoms with Gasteiger partial charge in [0.1, 0.15) is 6.61 Å². The second-order valence-electron chi connectivity index (χ2n) is 8.92. The largest absolute Gasteiger partial charge is 0.459 e. The standard InChI is InChI=1S/C26H29NO4S2/c1-3-18-8-9-22(33-18)25-23(26(29)31-14-17-6-4-10-30-17)15(2)27-19-12-16(13-20(28)24(19)25)21-7-5-11-32-21/h5,7-9,11,16-17,25,27H,3-4,6,10,12-14H2,1-2H3/t16-,17+,25+/m1/s1. The van der Waals surface area contributed by atoms with Gasteiger partial charge in [0.2, 0.25) is 0 Å². The van der Waals surface area contributed by atoms with Crippen LogP contribution in [0.1, 0.15) is 66.0 Å². The van der Waals surface area contributed by atoms with Crippen LogP contribution >= 0.6 is 22.7 Å². The number of hydrogen-bond acceptors (Lipinski definition) is 7. The Morgan fingerprint density at radius 2 is 2.12 bits per heavy atom. The summed E-state index contributed by atoms with van der Waals surface area (Å²) in [5, 5.41) is 5.50. The van der Waals surface area contributed by atoms with Gasteiger partial charge in [-0.15, -0.1) is 22.7 Å². The van der Waals surface area contributed by atoms with Gasteiger partial charge < -0.3 is 14.8 Å². The van der Waals surface area contributed by atoms with Gasteiger partial charge in [-0.25, -0.2) is 4.79 Å². The normalized spacial score (nSPS) is 25.3. The highest BCUT2D eigenvalue weighted by Crippen LogP contribution is 2.47. The maximum Gasteiger partial charge on any atom is 0.336 e. The molecule has 33 heavy (non-hydrogen) atoms. The Morgan fingerprint density at radius 3 is 2.82 bits per heavy atom. The molecule has 174 valence electrons. The first-order chi connectivity index (χ1) is 16.0. The maximum atomic E-state index is 13.6.